The van der Waals surface area contributed by atoms with Gasteiger partial charge in [-0.3, -0.25) is 4.90 Å². The Hall–Kier alpha value is -1.67. The predicted molar refractivity (Wildman–Crippen MR) is 79.8 cm³/mol. The Morgan fingerprint density at radius 3 is 2.71 bits per heavy atom. The third-order valence-electron chi connectivity index (χ3n) is 5.22. The van der Waals surface area contributed by atoms with Crippen molar-refractivity contribution in [1.29, 1.82) is 5.26 Å². The van der Waals surface area contributed by atoms with E-state index >= 15 is 0 Å². The number of rotatable bonds is 2. The number of nitrogens with zero attached hydrogens (tertiary/aromatic N) is 5. The molecule has 3 aliphatic rings. The summed E-state index contributed by atoms with van der Waals surface area (Å²) in [7, 11) is 0. The Morgan fingerprint density at radius 2 is 2.00 bits per heavy atom. The van der Waals surface area contributed by atoms with Crippen molar-refractivity contribution in [2.75, 3.05) is 24.5 Å². The lowest BCUT2D eigenvalue weighted by Crippen LogP contribution is -2.54. The molecule has 0 amide bonds. The van der Waals surface area contributed by atoms with Gasteiger partial charge in [0, 0.05) is 25.2 Å². The maximum absolute atomic E-state index is 8.81. The number of hydrogen-bond acceptors (Lipinski definition) is 5. The average molecular weight is 283 g/mol. The van der Waals surface area contributed by atoms with Crippen LogP contribution in [0.3, 0.4) is 0 Å². The summed E-state index contributed by atoms with van der Waals surface area (Å²) < 4.78 is 0. The number of nitriles is 1. The molecule has 0 radical (unpaired) electrons. The van der Waals surface area contributed by atoms with Gasteiger partial charge in [-0.15, -0.1) is 10.2 Å². The lowest BCUT2D eigenvalue weighted by atomic mass is 9.83. The number of hydrogen-bond donors (Lipinski definition) is 0. The molecule has 0 bridgehead atoms. The van der Waals surface area contributed by atoms with E-state index in [1.807, 2.05) is 12.1 Å². The molecule has 110 valence electrons. The molecule has 4 rings (SSSR count). The standard InChI is InChI=1S/C16H21N5/c17-10-13-3-6-16(19-18-13)20-9-7-15-12(11-20)2-1-8-21(15)14-4-5-14/h3,6,12,14-15H,1-2,4-5,7-9,11H2. The van der Waals surface area contributed by atoms with E-state index < -0.39 is 0 Å². The number of anilines is 1. The van der Waals surface area contributed by atoms with Crippen LogP contribution in [-0.4, -0.2) is 46.8 Å². The minimum Gasteiger partial charge on any atom is -0.355 e. The van der Waals surface area contributed by atoms with Crippen LogP contribution in [0.2, 0.25) is 0 Å². The molecule has 2 aliphatic heterocycles. The maximum atomic E-state index is 8.81. The first kappa shape index (κ1) is 13.0. The highest BCUT2D eigenvalue weighted by Crippen LogP contribution is 2.38. The van der Waals surface area contributed by atoms with Crippen molar-refractivity contribution in [2.24, 2.45) is 5.92 Å². The average Bonchev–Trinajstić information content (AvgIpc) is 3.39. The van der Waals surface area contributed by atoms with Crippen LogP contribution in [-0.2, 0) is 0 Å². The number of fused-ring (bicyclic) bond motifs is 1. The van der Waals surface area contributed by atoms with Gasteiger partial charge in [0.2, 0.25) is 0 Å². The van der Waals surface area contributed by atoms with Gasteiger partial charge in [-0.05, 0) is 56.7 Å². The highest BCUT2D eigenvalue weighted by molar-refractivity contribution is 5.39. The molecule has 1 saturated carbocycles. The van der Waals surface area contributed by atoms with E-state index in [-0.39, 0.29) is 0 Å². The summed E-state index contributed by atoms with van der Waals surface area (Å²) in [5, 5.41) is 17.0. The molecule has 2 unspecified atom stereocenters. The van der Waals surface area contributed by atoms with Crippen LogP contribution in [0.25, 0.3) is 0 Å². The topological polar surface area (TPSA) is 56.1 Å². The fourth-order valence-electron chi connectivity index (χ4n) is 4.06. The SMILES string of the molecule is N#Cc1ccc(N2CCC3C(CCCN3C3CC3)C2)nn1. The van der Waals surface area contributed by atoms with Crippen LogP contribution in [0.15, 0.2) is 12.1 Å². The highest BCUT2D eigenvalue weighted by atomic mass is 15.3. The normalized spacial score (nSPS) is 29.8. The Balaban J connectivity index is 1.47. The van der Waals surface area contributed by atoms with Crippen LogP contribution in [0, 0.1) is 17.2 Å². The van der Waals surface area contributed by atoms with E-state index in [2.05, 4.69) is 20.0 Å². The molecule has 3 fully saturated rings. The molecular weight excluding hydrogens is 262 g/mol. The maximum Gasteiger partial charge on any atom is 0.163 e. The number of aromatic nitrogens is 2. The monoisotopic (exact) mass is 283 g/mol. The summed E-state index contributed by atoms with van der Waals surface area (Å²) in [6.45, 7) is 3.46. The molecule has 1 aliphatic carbocycles. The van der Waals surface area contributed by atoms with Crippen LogP contribution >= 0.6 is 0 Å². The molecule has 0 spiro atoms. The van der Waals surface area contributed by atoms with E-state index in [1.54, 1.807) is 6.07 Å². The van der Waals surface area contributed by atoms with Crippen molar-refractivity contribution in [3.05, 3.63) is 17.8 Å². The van der Waals surface area contributed by atoms with Gasteiger partial charge in [-0.25, -0.2) is 0 Å². The molecule has 1 aromatic rings. The molecule has 0 N–H and O–H groups in total. The van der Waals surface area contributed by atoms with Crippen molar-refractivity contribution in [3.8, 4) is 6.07 Å². The zero-order valence-electron chi connectivity index (χ0n) is 12.3. The second-order valence-electron chi connectivity index (χ2n) is 6.56. The molecule has 1 aromatic heterocycles. The van der Waals surface area contributed by atoms with Gasteiger partial charge in [0.1, 0.15) is 6.07 Å². The molecule has 5 nitrogen and oxygen atoms in total. The fraction of sp³-hybridized carbons (Fsp3) is 0.688. The van der Waals surface area contributed by atoms with Crippen molar-refractivity contribution in [2.45, 2.75) is 44.2 Å². The molecule has 0 aromatic carbocycles. The first-order valence-electron chi connectivity index (χ1n) is 8.09. The van der Waals surface area contributed by atoms with Crippen LogP contribution in [0.1, 0.15) is 37.8 Å². The van der Waals surface area contributed by atoms with E-state index in [0.29, 0.717) is 5.69 Å². The minimum atomic E-state index is 0.395. The summed E-state index contributed by atoms with van der Waals surface area (Å²) in [5.74, 6) is 1.70. The van der Waals surface area contributed by atoms with Crippen LogP contribution in [0.5, 0.6) is 0 Å². The van der Waals surface area contributed by atoms with E-state index in [9.17, 15) is 0 Å². The molecule has 3 heterocycles. The molecule has 2 atom stereocenters. The molecule has 21 heavy (non-hydrogen) atoms. The summed E-state index contributed by atoms with van der Waals surface area (Å²) >= 11 is 0. The summed E-state index contributed by atoms with van der Waals surface area (Å²) in [5.41, 5.74) is 0.395. The zero-order valence-corrected chi connectivity index (χ0v) is 12.3. The summed E-state index contributed by atoms with van der Waals surface area (Å²) in [6.07, 6.45) is 6.74. The van der Waals surface area contributed by atoms with E-state index in [0.717, 1.165) is 36.9 Å². The Kier molecular flexibility index (Phi) is 3.27. The lowest BCUT2D eigenvalue weighted by molar-refractivity contribution is 0.0696. The Morgan fingerprint density at radius 1 is 1.10 bits per heavy atom. The van der Waals surface area contributed by atoms with Crippen molar-refractivity contribution < 1.29 is 0 Å². The first-order chi connectivity index (χ1) is 10.3. The van der Waals surface area contributed by atoms with E-state index in [4.69, 9.17) is 5.26 Å². The van der Waals surface area contributed by atoms with Crippen molar-refractivity contribution in [1.82, 2.24) is 15.1 Å². The van der Waals surface area contributed by atoms with Crippen molar-refractivity contribution in [3.63, 3.8) is 0 Å². The number of likely N-dealkylation sites (tertiary alicyclic amines) is 1. The molecule has 2 saturated heterocycles. The number of piperidine rings is 2. The van der Waals surface area contributed by atoms with Crippen LogP contribution in [0.4, 0.5) is 5.82 Å². The van der Waals surface area contributed by atoms with Gasteiger partial charge < -0.3 is 4.90 Å². The van der Waals surface area contributed by atoms with Gasteiger partial charge in [-0.1, -0.05) is 0 Å². The smallest absolute Gasteiger partial charge is 0.163 e. The van der Waals surface area contributed by atoms with Gasteiger partial charge in [0.25, 0.3) is 0 Å². The third kappa shape index (κ3) is 2.49. The summed E-state index contributed by atoms with van der Waals surface area (Å²) in [6, 6.07) is 7.41. The zero-order chi connectivity index (χ0) is 14.2. The Bertz CT molecular complexity index is 545. The second-order valence-corrected chi connectivity index (χ2v) is 6.56. The minimum absolute atomic E-state index is 0.395. The Labute approximate surface area is 125 Å². The van der Waals surface area contributed by atoms with Crippen LogP contribution < -0.4 is 4.90 Å². The molecular formula is C16H21N5. The van der Waals surface area contributed by atoms with Crippen molar-refractivity contribution >= 4 is 5.82 Å². The quantitative estimate of drug-likeness (QED) is 0.828. The van der Waals surface area contributed by atoms with Gasteiger partial charge in [0.05, 0.1) is 0 Å². The van der Waals surface area contributed by atoms with Gasteiger partial charge in [-0.2, -0.15) is 5.26 Å². The van der Waals surface area contributed by atoms with Gasteiger partial charge >= 0.3 is 0 Å². The fourth-order valence-corrected chi connectivity index (χ4v) is 4.06. The highest BCUT2D eigenvalue weighted by Gasteiger charge is 2.42. The third-order valence-corrected chi connectivity index (χ3v) is 5.22. The largest absolute Gasteiger partial charge is 0.355 e. The van der Waals surface area contributed by atoms with Gasteiger partial charge in [0.15, 0.2) is 11.5 Å². The second kappa shape index (κ2) is 5.27. The lowest BCUT2D eigenvalue weighted by Gasteiger charge is -2.47. The van der Waals surface area contributed by atoms with E-state index in [1.165, 1.54) is 38.6 Å². The predicted octanol–water partition coefficient (Wildman–Crippen LogP) is 1.80. The molecule has 5 heteroatoms. The first-order valence-corrected chi connectivity index (χ1v) is 8.09. The summed E-state index contributed by atoms with van der Waals surface area (Å²) in [4.78, 5) is 5.14.